The molecule has 0 aliphatic carbocycles. The minimum absolute atomic E-state index is 0.0491. The lowest BCUT2D eigenvalue weighted by Crippen LogP contribution is -2.66. The number of hydrogen-bond acceptors (Lipinski definition) is 6. The van der Waals surface area contributed by atoms with Gasteiger partial charge in [-0.2, -0.15) is 0 Å². The number of carbonyl (C=O) groups is 1. The van der Waals surface area contributed by atoms with E-state index in [1.165, 1.54) is 11.0 Å². The minimum atomic E-state index is -3.12. The van der Waals surface area contributed by atoms with Crippen molar-refractivity contribution in [2.45, 2.75) is 12.5 Å². The fraction of sp³-hybridized carbons (Fsp3) is 0.588. The molecular formula is C17H21FN2O5S. The molecule has 142 valence electrons. The first kappa shape index (κ1) is 17.5. The molecule has 3 heterocycles. The lowest BCUT2D eigenvalue weighted by molar-refractivity contribution is -0.127. The lowest BCUT2D eigenvalue weighted by atomic mass is 9.78. The van der Waals surface area contributed by atoms with Crippen LogP contribution in [0.2, 0.25) is 0 Å². The molecule has 3 saturated heterocycles. The molecular weight excluding hydrogens is 363 g/mol. The Morgan fingerprint density at radius 3 is 2.62 bits per heavy atom. The van der Waals surface area contributed by atoms with Crippen molar-refractivity contribution in [3.8, 4) is 0 Å². The third kappa shape index (κ3) is 3.25. The quantitative estimate of drug-likeness (QED) is 0.764. The second-order valence-corrected chi connectivity index (χ2v) is 9.78. The van der Waals surface area contributed by atoms with Gasteiger partial charge in [0.25, 0.3) is 0 Å². The van der Waals surface area contributed by atoms with Crippen molar-refractivity contribution in [2.24, 2.45) is 5.41 Å². The lowest BCUT2D eigenvalue weighted by Gasteiger charge is -2.56. The predicted molar refractivity (Wildman–Crippen MR) is 93.8 cm³/mol. The smallest absolute Gasteiger partial charge is 0.414 e. The van der Waals surface area contributed by atoms with Crippen LogP contribution in [0.15, 0.2) is 18.2 Å². The average molecular weight is 384 g/mol. The Labute approximate surface area is 151 Å². The molecule has 1 atom stereocenters. The molecule has 7 nitrogen and oxygen atoms in total. The first-order valence-corrected chi connectivity index (χ1v) is 10.6. The molecule has 1 spiro atoms. The van der Waals surface area contributed by atoms with E-state index >= 15 is 0 Å². The van der Waals surface area contributed by atoms with Crippen molar-refractivity contribution in [2.75, 3.05) is 54.7 Å². The number of rotatable bonds is 5. The summed E-state index contributed by atoms with van der Waals surface area (Å²) < 4.78 is 47.5. The van der Waals surface area contributed by atoms with Crippen LogP contribution in [0, 0.1) is 11.2 Å². The Morgan fingerprint density at radius 2 is 2.04 bits per heavy atom. The molecule has 4 rings (SSSR count). The average Bonchev–Trinajstić information content (AvgIpc) is 2.84. The Balaban J connectivity index is 1.41. The molecule has 0 unspecified atom stereocenters. The van der Waals surface area contributed by atoms with Crippen LogP contribution in [-0.4, -0.2) is 65.5 Å². The maximum atomic E-state index is 14.5. The van der Waals surface area contributed by atoms with Gasteiger partial charge < -0.3 is 14.4 Å². The number of nitrogens with zero attached hydrogens (tertiary/aromatic N) is 2. The Morgan fingerprint density at radius 1 is 1.31 bits per heavy atom. The minimum Gasteiger partial charge on any atom is -0.444 e. The van der Waals surface area contributed by atoms with Crippen LogP contribution >= 0.6 is 0 Å². The van der Waals surface area contributed by atoms with E-state index in [0.29, 0.717) is 11.4 Å². The number of sulfone groups is 1. The molecule has 0 bridgehead atoms. The second kappa shape index (κ2) is 6.09. The van der Waals surface area contributed by atoms with Crippen molar-refractivity contribution in [1.29, 1.82) is 0 Å². The number of hydrogen-bond donors (Lipinski definition) is 0. The third-order valence-corrected chi connectivity index (χ3v) is 6.11. The normalized spacial score (nSPS) is 24.4. The molecule has 0 N–H and O–H groups in total. The van der Waals surface area contributed by atoms with E-state index in [0.717, 1.165) is 32.6 Å². The van der Waals surface area contributed by atoms with Crippen molar-refractivity contribution < 1.29 is 27.1 Å². The zero-order chi connectivity index (χ0) is 18.5. The van der Waals surface area contributed by atoms with Crippen molar-refractivity contribution in [1.82, 2.24) is 0 Å². The summed E-state index contributed by atoms with van der Waals surface area (Å²) in [5, 5.41) is 0. The molecule has 0 radical (unpaired) electrons. The number of anilines is 2. The molecule has 3 aliphatic heterocycles. The summed E-state index contributed by atoms with van der Waals surface area (Å²) in [6.45, 7) is 3.25. The molecule has 26 heavy (non-hydrogen) atoms. The standard InChI is InChI=1S/C17H21FN2O5S/c1-26(22,23)5-4-13-7-20(16(21)25-13)12-2-3-15(14(18)6-12)19-8-17(9-19)10-24-11-17/h2-3,6,13H,4-5,7-11H2,1H3/t13-/m0/s1. The van der Waals surface area contributed by atoms with E-state index in [-0.39, 0.29) is 30.0 Å². The summed E-state index contributed by atoms with van der Waals surface area (Å²) in [6.07, 6.45) is 0.296. The molecule has 3 fully saturated rings. The SMILES string of the molecule is CS(=O)(=O)CC[C@H]1CN(c2ccc(N3CC4(COC4)C3)c(F)c2)C(=O)O1. The molecule has 1 aromatic carbocycles. The van der Waals surface area contributed by atoms with Gasteiger partial charge in [-0.15, -0.1) is 0 Å². The summed E-state index contributed by atoms with van der Waals surface area (Å²) in [4.78, 5) is 15.4. The van der Waals surface area contributed by atoms with Crippen LogP contribution < -0.4 is 9.80 Å². The van der Waals surface area contributed by atoms with Gasteiger partial charge in [0.1, 0.15) is 21.8 Å². The summed E-state index contributed by atoms with van der Waals surface area (Å²) in [6, 6.07) is 4.70. The number of amides is 1. The fourth-order valence-corrected chi connectivity index (χ4v) is 4.35. The van der Waals surface area contributed by atoms with E-state index in [9.17, 15) is 17.6 Å². The van der Waals surface area contributed by atoms with Crippen molar-refractivity contribution >= 4 is 27.3 Å². The van der Waals surface area contributed by atoms with Gasteiger partial charge in [-0.25, -0.2) is 17.6 Å². The van der Waals surface area contributed by atoms with Gasteiger partial charge >= 0.3 is 6.09 Å². The zero-order valence-corrected chi connectivity index (χ0v) is 15.3. The highest BCUT2D eigenvalue weighted by atomic mass is 32.2. The molecule has 1 aromatic rings. The highest BCUT2D eigenvalue weighted by Gasteiger charge is 2.49. The maximum absolute atomic E-state index is 14.5. The van der Waals surface area contributed by atoms with Gasteiger partial charge in [-0.3, -0.25) is 4.90 Å². The summed E-state index contributed by atoms with van der Waals surface area (Å²) in [5.74, 6) is -0.433. The van der Waals surface area contributed by atoms with E-state index in [1.807, 2.05) is 4.90 Å². The first-order chi connectivity index (χ1) is 12.2. The number of carbonyl (C=O) groups excluding carboxylic acids is 1. The molecule has 3 aliphatic rings. The largest absolute Gasteiger partial charge is 0.444 e. The highest BCUT2D eigenvalue weighted by molar-refractivity contribution is 7.90. The number of ether oxygens (including phenoxy) is 2. The van der Waals surface area contributed by atoms with Gasteiger partial charge in [0, 0.05) is 25.8 Å². The summed E-state index contributed by atoms with van der Waals surface area (Å²) in [7, 11) is -3.12. The van der Waals surface area contributed by atoms with E-state index in [1.54, 1.807) is 12.1 Å². The van der Waals surface area contributed by atoms with Crippen LogP contribution in [0.4, 0.5) is 20.6 Å². The molecule has 9 heteroatoms. The van der Waals surface area contributed by atoms with Gasteiger partial charge in [-0.1, -0.05) is 0 Å². The van der Waals surface area contributed by atoms with E-state index < -0.39 is 22.0 Å². The topological polar surface area (TPSA) is 76.2 Å². The monoisotopic (exact) mass is 384 g/mol. The van der Waals surface area contributed by atoms with Crippen molar-refractivity contribution in [3.63, 3.8) is 0 Å². The van der Waals surface area contributed by atoms with Crippen LogP contribution in [-0.2, 0) is 19.3 Å². The van der Waals surface area contributed by atoms with Crippen molar-refractivity contribution in [3.05, 3.63) is 24.0 Å². The van der Waals surface area contributed by atoms with Crippen LogP contribution in [0.25, 0.3) is 0 Å². The van der Waals surface area contributed by atoms with Gasteiger partial charge in [-0.05, 0) is 18.2 Å². The third-order valence-electron chi connectivity index (χ3n) is 5.14. The van der Waals surface area contributed by atoms with Crippen LogP contribution in [0.3, 0.4) is 0 Å². The van der Waals surface area contributed by atoms with Crippen LogP contribution in [0.1, 0.15) is 6.42 Å². The Kier molecular flexibility index (Phi) is 4.11. The summed E-state index contributed by atoms with van der Waals surface area (Å²) >= 11 is 0. The highest BCUT2D eigenvalue weighted by Crippen LogP contribution is 2.41. The summed E-state index contributed by atoms with van der Waals surface area (Å²) in [5.41, 5.74) is 1.13. The first-order valence-electron chi connectivity index (χ1n) is 8.53. The Bertz CT molecular complexity index is 832. The molecule has 0 saturated carbocycles. The Hall–Kier alpha value is -1.87. The number of cyclic esters (lactones) is 1. The number of halogens is 1. The van der Waals surface area contributed by atoms with Gasteiger partial charge in [0.2, 0.25) is 0 Å². The number of benzene rings is 1. The zero-order valence-electron chi connectivity index (χ0n) is 14.5. The predicted octanol–water partition coefficient (Wildman–Crippen LogP) is 1.42. The molecule has 0 aromatic heterocycles. The van der Waals surface area contributed by atoms with Gasteiger partial charge in [0.15, 0.2) is 0 Å². The maximum Gasteiger partial charge on any atom is 0.414 e. The fourth-order valence-electron chi connectivity index (χ4n) is 3.66. The van der Waals surface area contributed by atoms with E-state index in [2.05, 4.69) is 0 Å². The second-order valence-electron chi connectivity index (χ2n) is 7.52. The van der Waals surface area contributed by atoms with E-state index in [4.69, 9.17) is 9.47 Å². The molecule has 1 amide bonds. The van der Waals surface area contributed by atoms with Gasteiger partial charge in [0.05, 0.1) is 42.3 Å². The van der Waals surface area contributed by atoms with Crippen LogP contribution in [0.5, 0.6) is 0 Å².